The Bertz CT molecular complexity index is 939. The largest absolute Gasteiger partial charge is 0.490 e. The molecule has 0 spiro atoms. The second-order valence-corrected chi connectivity index (χ2v) is 9.94. The zero-order valence-corrected chi connectivity index (χ0v) is 18.0. The van der Waals surface area contributed by atoms with Crippen molar-refractivity contribution in [2.75, 3.05) is 26.7 Å². The molecule has 0 aliphatic carbocycles. The van der Waals surface area contributed by atoms with E-state index in [0.717, 1.165) is 36.9 Å². The summed E-state index contributed by atoms with van der Waals surface area (Å²) in [6, 6.07) is 7.56. The van der Waals surface area contributed by atoms with E-state index in [9.17, 15) is 18.5 Å². The Morgan fingerprint density at radius 1 is 1.34 bits per heavy atom. The minimum atomic E-state index is -3.91. The maximum absolute atomic E-state index is 12.8. The van der Waals surface area contributed by atoms with Crippen molar-refractivity contribution in [1.29, 1.82) is 0 Å². The van der Waals surface area contributed by atoms with Crippen LogP contribution in [0.3, 0.4) is 0 Å². The molecule has 0 bridgehead atoms. The highest BCUT2D eigenvalue weighted by Crippen LogP contribution is 2.31. The lowest BCUT2D eigenvalue weighted by atomic mass is 9.97. The Morgan fingerprint density at radius 2 is 2.07 bits per heavy atom. The minimum absolute atomic E-state index is 0.0212. The molecule has 10 heteroatoms. The van der Waals surface area contributed by atoms with Gasteiger partial charge in [-0.25, -0.2) is 13.1 Å². The van der Waals surface area contributed by atoms with Crippen LogP contribution in [0.2, 0.25) is 0 Å². The first-order valence-corrected chi connectivity index (χ1v) is 11.8. The second kappa shape index (κ2) is 9.21. The summed E-state index contributed by atoms with van der Waals surface area (Å²) in [4.78, 5) is 13.8. The Balaban J connectivity index is 1.79. The summed E-state index contributed by atoms with van der Waals surface area (Å²) in [5.74, 6) is 0.694. The number of hydrogen-bond donors (Lipinski definition) is 1. The third kappa shape index (κ3) is 5.13. The molecular formula is C19H25N3O5S2. The van der Waals surface area contributed by atoms with Crippen LogP contribution in [0.5, 0.6) is 5.75 Å². The molecule has 1 aliphatic rings. The summed E-state index contributed by atoms with van der Waals surface area (Å²) in [6.45, 7) is 4.27. The van der Waals surface area contributed by atoms with E-state index >= 15 is 0 Å². The van der Waals surface area contributed by atoms with Gasteiger partial charge in [0.15, 0.2) is 5.75 Å². The SMILES string of the molecule is COc1ccc(S(=O)(=O)NCC(c2cccs2)N2CCC(C)CC2)cc1[N+](=O)[O-]. The maximum Gasteiger partial charge on any atom is 0.312 e. The van der Waals surface area contributed by atoms with E-state index < -0.39 is 14.9 Å². The number of nitrogens with zero attached hydrogens (tertiary/aromatic N) is 2. The first-order chi connectivity index (χ1) is 13.8. The number of sulfonamides is 1. The lowest BCUT2D eigenvalue weighted by molar-refractivity contribution is -0.386. The Labute approximate surface area is 174 Å². The van der Waals surface area contributed by atoms with Crippen LogP contribution in [0.15, 0.2) is 40.6 Å². The van der Waals surface area contributed by atoms with Crippen molar-refractivity contribution < 1.29 is 18.1 Å². The van der Waals surface area contributed by atoms with Gasteiger partial charge in [0.2, 0.25) is 10.0 Å². The predicted molar refractivity (Wildman–Crippen MR) is 112 cm³/mol. The number of nitro groups is 1. The Hall–Kier alpha value is -2.01. The third-order valence-corrected chi connectivity index (χ3v) is 7.65. The fourth-order valence-electron chi connectivity index (χ4n) is 3.48. The molecule has 1 atom stereocenters. The van der Waals surface area contributed by atoms with Gasteiger partial charge in [0.05, 0.1) is 23.0 Å². The Kier molecular flexibility index (Phi) is 6.89. The fraction of sp³-hybridized carbons (Fsp3) is 0.474. The molecule has 1 aliphatic heterocycles. The molecule has 1 saturated heterocycles. The molecule has 158 valence electrons. The summed E-state index contributed by atoms with van der Waals surface area (Å²) in [5, 5.41) is 13.2. The lowest BCUT2D eigenvalue weighted by Crippen LogP contribution is -2.41. The normalized spacial score (nSPS) is 17.2. The van der Waals surface area contributed by atoms with Crippen LogP contribution in [0.25, 0.3) is 0 Å². The summed E-state index contributed by atoms with van der Waals surface area (Å²) < 4.78 is 33.2. The first kappa shape index (κ1) is 21.7. The number of nitrogens with one attached hydrogen (secondary N) is 1. The number of likely N-dealkylation sites (tertiary alicyclic amines) is 1. The summed E-state index contributed by atoms with van der Waals surface area (Å²) in [6.07, 6.45) is 2.17. The summed E-state index contributed by atoms with van der Waals surface area (Å²) in [5.41, 5.74) is -0.379. The molecule has 0 radical (unpaired) electrons. The summed E-state index contributed by atoms with van der Waals surface area (Å²) in [7, 11) is -2.60. The molecule has 29 heavy (non-hydrogen) atoms. The van der Waals surface area contributed by atoms with Gasteiger partial charge < -0.3 is 4.74 Å². The van der Waals surface area contributed by atoms with Crippen molar-refractivity contribution in [3.63, 3.8) is 0 Å². The molecule has 1 unspecified atom stereocenters. The number of thiophene rings is 1. The van der Waals surface area contributed by atoms with Gasteiger partial charge >= 0.3 is 5.69 Å². The topological polar surface area (TPSA) is 102 Å². The number of ether oxygens (including phenoxy) is 1. The predicted octanol–water partition coefficient (Wildman–Crippen LogP) is 3.42. The number of piperidine rings is 1. The highest BCUT2D eigenvalue weighted by Gasteiger charge is 2.28. The zero-order chi connectivity index (χ0) is 21.0. The van der Waals surface area contributed by atoms with Gasteiger partial charge in [-0.15, -0.1) is 11.3 Å². The molecule has 0 amide bonds. The number of nitro benzene ring substituents is 1. The van der Waals surface area contributed by atoms with E-state index in [4.69, 9.17) is 4.74 Å². The molecule has 1 N–H and O–H groups in total. The van der Waals surface area contributed by atoms with E-state index in [1.54, 1.807) is 11.3 Å². The average Bonchev–Trinajstić information content (AvgIpc) is 3.23. The molecule has 3 rings (SSSR count). The molecule has 1 fully saturated rings. The smallest absolute Gasteiger partial charge is 0.312 e. The monoisotopic (exact) mass is 439 g/mol. The number of benzene rings is 1. The first-order valence-electron chi connectivity index (χ1n) is 9.41. The zero-order valence-electron chi connectivity index (χ0n) is 16.4. The van der Waals surface area contributed by atoms with Gasteiger partial charge in [-0.3, -0.25) is 15.0 Å². The van der Waals surface area contributed by atoms with Crippen LogP contribution >= 0.6 is 11.3 Å². The molecule has 2 heterocycles. The van der Waals surface area contributed by atoms with Crippen molar-refractivity contribution in [3.05, 3.63) is 50.7 Å². The van der Waals surface area contributed by atoms with Gasteiger partial charge in [-0.05, 0) is 55.4 Å². The molecular weight excluding hydrogens is 414 g/mol. The van der Waals surface area contributed by atoms with Gasteiger partial charge in [0.25, 0.3) is 0 Å². The van der Waals surface area contributed by atoms with Crippen molar-refractivity contribution in [2.45, 2.75) is 30.7 Å². The highest BCUT2D eigenvalue weighted by atomic mass is 32.2. The number of methoxy groups -OCH3 is 1. The van der Waals surface area contributed by atoms with E-state index in [2.05, 4.69) is 16.5 Å². The van der Waals surface area contributed by atoms with Crippen LogP contribution in [0.1, 0.15) is 30.7 Å². The van der Waals surface area contributed by atoms with Crippen LogP contribution in [0, 0.1) is 16.0 Å². The summed E-state index contributed by atoms with van der Waals surface area (Å²) >= 11 is 1.60. The second-order valence-electron chi connectivity index (χ2n) is 7.19. The quantitative estimate of drug-likeness (QED) is 0.500. The van der Waals surface area contributed by atoms with Gasteiger partial charge in [-0.1, -0.05) is 13.0 Å². The highest BCUT2D eigenvalue weighted by molar-refractivity contribution is 7.89. The van der Waals surface area contributed by atoms with Crippen molar-refractivity contribution in [2.24, 2.45) is 5.92 Å². The molecule has 0 saturated carbocycles. The van der Waals surface area contributed by atoms with Crippen molar-refractivity contribution in [1.82, 2.24) is 9.62 Å². The van der Waals surface area contributed by atoms with Gasteiger partial charge in [-0.2, -0.15) is 0 Å². The average molecular weight is 440 g/mol. The van der Waals surface area contributed by atoms with E-state index in [-0.39, 0.29) is 28.9 Å². The Morgan fingerprint density at radius 3 is 2.66 bits per heavy atom. The van der Waals surface area contributed by atoms with E-state index in [0.29, 0.717) is 5.92 Å². The standard InChI is InChI=1S/C19H25N3O5S2/c1-14-7-9-21(10-8-14)17(19-4-3-11-28-19)13-20-29(25,26)15-5-6-18(27-2)16(12-15)22(23)24/h3-6,11-12,14,17,20H,7-10,13H2,1-2H3. The molecule has 1 aromatic carbocycles. The van der Waals surface area contributed by atoms with Crippen LogP contribution in [-0.2, 0) is 10.0 Å². The van der Waals surface area contributed by atoms with Gasteiger partial charge in [0, 0.05) is 17.5 Å². The van der Waals surface area contributed by atoms with Crippen LogP contribution in [0.4, 0.5) is 5.69 Å². The van der Waals surface area contributed by atoms with Crippen LogP contribution < -0.4 is 9.46 Å². The fourth-order valence-corrected chi connectivity index (χ4v) is 5.40. The number of rotatable bonds is 8. The van der Waals surface area contributed by atoms with Crippen molar-refractivity contribution >= 4 is 27.0 Å². The van der Waals surface area contributed by atoms with E-state index in [1.807, 2.05) is 17.5 Å². The van der Waals surface area contributed by atoms with Crippen molar-refractivity contribution in [3.8, 4) is 5.75 Å². The molecule has 2 aromatic rings. The van der Waals surface area contributed by atoms with E-state index in [1.165, 1.54) is 19.2 Å². The maximum atomic E-state index is 12.8. The van der Waals surface area contributed by atoms with Gasteiger partial charge in [0.1, 0.15) is 0 Å². The van der Waals surface area contributed by atoms with Crippen LogP contribution in [-0.4, -0.2) is 45.0 Å². The number of hydrogen-bond acceptors (Lipinski definition) is 7. The lowest BCUT2D eigenvalue weighted by Gasteiger charge is -2.36. The third-order valence-electron chi connectivity index (χ3n) is 5.25. The molecule has 8 nitrogen and oxygen atoms in total. The minimum Gasteiger partial charge on any atom is -0.490 e. The molecule has 1 aromatic heterocycles.